The summed E-state index contributed by atoms with van der Waals surface area (Å²) in [6.07, 6.45) is 4.96. The van der Waals surface area contributed by atoms with Gasteiger partial charge in [0.15, 0.2) is 0 Å². The topological polar surface area (TPSA) is 82.6 Å². The van der Waals surface area contributed by atoms with Gasteiger partial charge < -0.3 is 20.3 Å². The molecule has 2 fully saturated rings. The van der Waals surface area contributed by atoms with Gasteiger partial charge in [0.2, 0.25) is 11.8 Å². The fourth-order valence-electron chi connectivity index (χ4n) is 5.26. The molecule has 2 aromatic heterocycles. The Hall–Kier alpha value is -2.91. The van der Waals surface area contributed by atoms with Crippen LogP contribution in [0.1, 0.15) is 31.7 Å². The molecule has 8 nitrogen and oxygen atoms in total. The summed E-state index contributed by atoms with van der Waals surface area (Å²) in [6, 6.07) is 13.5. The second-order valence-electron chi connectivity index (χ2n) is 10.6. The standard InChI is InChI=1S/C30H36Cl2N6O2/c1-21(39)34-18-22-5-10-37(11-6-22)20-23-13-28(24-15-25(31)17-26(32)16-24)36-30(14-23)40-27-3-4-29(35-19-27)38-9-2-7-33-8-12-38/h3-4,13-17,19,22,33H,2,5-12,18,20H2,1H3,(H,34,39). The highest BCUT2D eigenvalue weighted by atomic mass is 35.5. The number of carbonyl (C=O) groups excluding carboxylic acids is 1. The Kier molecular flexibility index (Phi) is 9.75. The van der Waals surface area contributed by atoms with E-state index in [-0.39, 0.29) is 5.91 Å². The summed E-state index contributed by atoms with van der Waals surface area (Å²) in [4.78, 5) is 25.5. The fourth-order valence-corrected chi connectivity index (χ4v) is 5.79. The Morgan fingerprint density at radius 3 is 2.58 bits per heavy atom. The zero-order valence-electron chi connectivity index (χ0n) is 22.8. The first-order chi connectivity index (χ1) is 19.4. The van der Waals surface area contributed by atoms with E-state index >= 15 is 0 Å². The summed E-state index contributed by atoms with van der Waals surface area (Å²) < 4.78 is 6.24. The molecule has 0 unspecified atom stereocenters. The number of carbonyl (C=O) groups is 1. The van der Waals surface area contributed by atoms with Crippen molar-refractivity contribution in [3.05, 3.63) is 64.3 Å². The molecule has 0 spiro atoms. The molecule has 0 bridgehead atoms. The van der Waals surface area contributed by atoms with Gasteiger partial charge in [-0.05, 0) is 86.8 Å². The quantitative estimate of drug-likeness (QED) is 0.368. The van der Waals surface area contributed by atoms with E-state index < -0.39 is 0 Å². The van der Waals surface area contributed by atoms with Crippen LogP contribution in [0.3, 0.4) is 0 Å². The van der Waals surface area contributed by atoms with Gasteiger partial charge in [-0.3, -0.25) is 9.69 Å². The molecular weight excluding hydrogens is 547 g/mol. The summed E-state index contributed by atoms with van der Waals surface area (Å²) in [5, 5.41) is 7.50. The van der Waals surface area contributed by atoms with Gasteiger partial charge in [0.05, 0.1) is 11.9 Å². The van der Waals surface area contributed by atoms with Crippen molar-refractivity contribution in [1.29, 1.82) is 0 Å². The molecule has 5 rings (SSSR count). The number of likely N-dealkylation sites (tertiary alicyclic amines) is 1. The van der Waals surface area contributed by atoms with E-state index in [1.54, 1.807) is 19.2 Å². The van der Waals surface area contributed by atoms with Crippen molar-refractivity contribution >= 4 is 34.9 Å². The van der Waals surface area contributed by atoms with Crippen LogP contribution in [0, 0.1) is 5.92 Å². The normalized spacial score (nSPS) is 16.9. The molecule has 0 saturated carbocycles. The van der Waals surface area contributed by atoms with Crippen LogP contribution < -0.4 is 20.3 Å². The Balaban J connectivity index is 1.33. The summed E-state index contributed by atoms with van der Waals surface area (Å²) in [5.74, 6) is 2.63. The molecule has 0 aliphatic carbocycles. The van der Waals surface area contributed by atoms with E-state index in [1.165, 1.54) is 0 Å². The van der Waals surface area contributed by atoms with Crippen LogP contribution in [0.2, 0.25) is 10.0 Å². The van der Waals surface area contributed by atoms with Crippen molar-refractivity contribution < 1.29 is 9.53 Å². The van der Waals surface area contributed by atoms with Crippen molar-refractivity contribution in [2.75, 3.05) is 50.7 Å². The molecule has 4 heterocycles. The first-order valence-electron chi connectivity index (χ1n) is 13.9. The van der Waals surface area contributed by atoms with Crippen LogP contribution in [0.15, 0.2) is 48.7 Å². The summed E-state index contributed by atoms with van der Waals surface area (Å²) in [7, 11) is 0. The lowest BCUT2D eigenvalue weighted by Gasteiger charge is -2.32. The van der Waals surface area contributed by atoms with Gasteiger partial charge in [0, 0.05) is 61.3 Å². The third-order valence-electron chi connectivity index (χ3n) is 7.38. The number of halogens is 2. The number of aromatic nitrogens is 2. The molecule has 10 heteroatoms. The van der Waals surface area contributed by atoms with Crippen LogP contribution in [0.5, 0.6) is 11.6 Å². The SMILES string of the molecule is CC(=O)NCC1CCN(Cc2cc(Oc3ccc(N4CCCNCC4)nc3)nc(-c3cc(Cl)cc(Cl)c3)c2)CC1. The first-order valence-corrected chi connectivity index (χ1v) is 14.7. The first kappa shape index (κ1) is 28.6. The predicted molar refractivity (Wildman–Crippen MR) is 160 cm³/mol. The molecule has 0 atom stereocenters. The Labute approximate surface area is 246 Å². The summed E-state index contributed by atoms with van der Waals surface area (Å²) in [5.41, 5.74) is 2.68. The molecular formula is C30H36Cl2N6O2. The Morgan fingerprint density at radius 2 is 1.85 bits per heavy atom. The van der Waals surface area contributed by atoms with E-state index in [1.807, 2.05) is 30.3 Å². The predicted octanol–water partition coefficient (Wildman–Crippen LogP) is 5.39. The van der Waals surface area contributed by atoms with Gasteiger partial charge >= 0.3 is 0 Å². The van der Waals surface area contributed by atoms with Crippen LogP contribution in [-0.2, 0) is 11.3 Å². The number of amides is 1. The molecule has 2 aliphatic heterocycles. The number of anilines is 1. The van der Waals surface area contributed by atoms with Gasteiger partial charge in [0.25, 0.3) is 0 Å². The van der Waals surface area contributed by atoms with E-state index in [2.05, 4.69) is 31.5 Å². The van der Waals surface area contributed by atoms with E-state index in [4.69, 9.17) is 32.9 Å². The monoisotopic (exact) mass is 582 g/mol. The summed E-state index contributed by atoms with van der Waals surface area (Å²) >= 11 is 12.6. The lowest BCUT2D eigenvalue weighted by atomic mass is 9.96. The number of hydrogen-bond donors (Lipinski definition) is 2. The number of piperidine rings is 1. The van der Waals surface area contributed by atoms with Gasteiger partial charge in [-0.1, -0.05) is 23.2 Å². The average molecular weight is 584 g/mol. The van der Waals surface area contributed by atoms with E-state index in [0.717, 1.165) is 94.3 Å². The van der Waals surface area contributed by atoms with Crippen molar-refractivity contribution in [2.24, 2.45) is 5.92 Å². The van der Waals surface area contributed by atoms with Crippen molar-refractivity contribution in [3.8, 4) is 22.9 Å². The maximum absolute atomic E-state index is 11.3. The van der Waals surface area contributed by atoms with E-state index in [0.29, 0.717) is 27.6 Å². The Bertz CT molecular complexity index is 1270. The molecule has 212 valence electrons. The molecule has 2 saturated heterocycles. The van der Waals surface area contributed by atoms with Gasteiger partial charge in [0.1, 0.15) is 11.6 Å². The molecule has 1 amide bonds. The van der Waals surface area contributed by atoms with Crippen molar-refractivity contribution in [3.63, 3.8) is 0 Å². The molecule has 2 aliphatic rings. The largest absolute Gasteiger partial charge is 0.437 e. The zero-order chi connectivity index (χ0) is 27.9. The number of ether oxygens (including phenoxy) is 1. The lowest BCUT2D eigenvalue weighted by molar-refractivity contribution is -0.119. The maximum Gasteiger partial charge on any atom is 0.220 e. The number of nitrogens with zero attached hydrogens (tertiary/aromatic N) is 4. The smallest absolute Gasteiger partial charge is 0.220 e. The van der Waals surface area contributed by atoms with Gasteiger partial charge in [-0.2, -0.15) is 0 Å². The number of hydrogen-bond acceptors (Lipinski definition) is 7. The molecule has 1 aromatic carbocycles. The molecule has 3 aromatic rings. The second-order valence-corrected chi connectivity index (χ2v) is 11.4. The minimum absolute atomic E-state index is 0.0319. The maximum atomic E-state index is 11.3. The minimum Gasteiger partial charge on any atom is -0.437 e. The minimum atomic E-state index is 0.0319. The number of pyridine rings is 2. The molecule has 40 heavy (non-hydrogen) atoms. The second kappa shape index (κ2) is 13.6. The van der Waals surface area contributed by atoms with Crippen LogP contribution in [0.4, 0.5) is 5.82 Å². The van der Waals surface area contributed by atoms with Gasteiger partial charge in [-0.15, -0.1) is 0 Å². The van der Waals surface area contributed by atoms with Crippen LogP contribution in [0.25, 0.3) is 11.3 Å². The third kappa shape index (κ3) is 8.07. The van der Waals surface area contributed by atoms with Crippen molar-refractivity contribution in [1.82, 2.24) is 25.5 Å². The highest BCUT2D eigenvalue weighted by molar-refractivity contribution is 6.35. The van der Waals surface area contributed by atoms with E-state index in [9.17, 15) is 4.79 Å². The lowest BCUT2D eigenvalue weighted by Crippen LogP contribution is -2.37. The number of rotatable bonds is 8. The van der Waals surface area contributed by atoms with Crippen LogP contribution >= 0.6 is 23.2 Å². The third-order valence-corrected chi connectivity index (χ3v) is 7.82. The van der Waals surface area contributed by atoms with Crippen molar-refractivity contribution in [2.45, 2.75) is 32.7 Å². The molecule has 0 radical (unpaired) electrons. The van der Waals surface area contributed by atoms with Gasteiger partial charge in [-0.25, -0.2) is 9.97 Å². The zero-order valence-corrected chi connectivity index (χ0v) is 24.3. The highest BCUT2D eigenvalue weighted by Gasteiger charge is 2.20. The number of nitrogens with one attached hydrogen (secondary N) is 2. The average Bonchev–Trinajstić information content (AvgIpc) is 3.22. The van der Waals surface area contributed by atoms with Crippen LogP contribution in [-0.4, -0.2) is 66.6 Å². The summed E-state index contributed by atoms with van der Waals surface area (Å²) in [6.45, 7) is 8.95. The highest BCUT2D eigenvalue weighted by Crippen LogP contribution is 2.31. The number of benzene rings is 1. The fraction of sp³-hybridized carbons (Fsp3) is 0.433. The molecule has 2 N–H and O–H groups in total. The Morgan fingerprint density at radius 1 is 1.05 bits per heavy atom.